The molecular weight excluding hydrogens is 520 g/mol. The normalized spacial score (nSPS) is 17.6. The Morgan fingerprint density at radius 3 is 2.04 bits per heavy atom. The predicted octanol–water partition coefficient (Wildman–Crippen LogP) is -0.827. The Hall–Kier alpha value is 0.520. The Labute approximate surface area is 164 Å². The minimum absolute atomic E-state index is 0.112. The molecule has 1 rings (SSSR count). The number of hydrogen-bond donors (Lipinski definition) is 1. The van der Waals surface area contributed by atoms with Gasteiger partial charge in [-0.25, -0.2) is 0 Å². The number of halogens is 2. The van der Waals surface area contributed by atoms with Crippen molar-refractivity contribution in [1.29, 1.82) is 0 Å². The second-order valence-corrected chi connectivity index (χ2v) is 12.9. The van der Waals surface area contributed by atoms with E-state index in [1.807, 2.05) is 18.7 Å². The van der Waals surface area contributed by atoms with Crippen molar-refractivity contribution >= 4 is 34.3 Å². The standard InChI is InChI=1S/C16H30I2N3O2/c1-15(2,17)13(22)7-5-6-8-14(23)20-9-11-21(12-10-20)16(3,4)18-19/h5-12,19H2,1-4H3/q-1. The summed E-state index contributed by atoms with van der Waals surface area (Å²) in [5, 5.41) is 0. The zero-order chi connectivity index (χ0) is 17.7. The summed E-state index contributed by atoms with van der Waals surface area (Å²) < 4.78 is 5.74. The van der Waals surface area contributed by atoms with E-state index in [4.69, 9.17) is 3.95 Å². The molecule has 0 aromatic carbocycles. The maximum absolute atomic E-state index is 12.3. The van der Waals surface area contributed by atoms with Crippen LogP contribution in [-0.2, 0) is 9.59 Å². The van der Waals surface area contributed by atoms with Gasteiger partial charge < -0.3 is 0 Å². The van der Waals surface area contributed by atoms with Crippen LogP contribution in [-0.4, -0.2) is 54.6 Å². The number of piperazine rings is 1. The van der Waals surface area contributed by atoms with Crippen molar-refractivity contribution < 1.29 is 31.1 Å². The molecule has 0 saturated carbocycles. The number of rotatable bonds is 8. The van der Waals surface area contributed by atoms with Crippen LogP contribution in [0.15, 0.2) is 0 Å². The molecule has 0 bridgehead atoms. The Kier molecular flexibility index (Phi) is 8.70. The van der Waals surface area contributed by atoms with E-state index in [0.29, 0.717) is 12.8 Å². The monoisotopic (exact) mass is 550 g/mol. The first-order valence-corrected chi connectivity index (χ1v) is 11.6. The summed E-state index contributed by atoms with van der Waals surface area (Å²) in [6.45, 7) is 11.7. The van der Waals surface area contributed by atoms with Crippen LogP contribution in [0.5, 0.6) is 0 Å². The van der Waals surface area contributed by atoms with Gasteiger partial charge in [-0.3, -0.25) is 0 Å². The Morgan fingerprint density at radius 2 is 1.57 bits per heavy atom. The molecule has 2 N–H and O–H groups in total. The molecule has 1 heterocycles. The quantitative estimate of drug-likeness (QED) is 0.141. The Balaban J connectivity index is 2.26. The first-order chi connectivity index (χ1) is 10.6. The molecule has 1 fully saturated rings. The fourth-order valence-corrected chi connectivity index (χ4v) is 3.72. The molecule has 1 aliphatic heterocycles. The average molecular weight is 550 g/mol. The van der Waals surface area contributed by atoms with Crippen molar-refractivity contribution in [3.05, 3.63) is 0 Å². The molecule has 0 aliphatic carbocycles. The van der Waals surface area contributed by atoms with E-state index in [9.17, 15) is 9.59 Å². The van der Waals surface area contributed by atoms with Crippen LogP contribution in [0.1, 0.15) is 53.4 Å². The summed E-state index contributed by atoms with van der Waals surface area (Å²) >= 11 is 1.85. The summed E-state index contributed by atoms with van der Waals surface area (Å²) in [5.74, 6) is 0.498. The Bertz CT molecular complexity index is 414. The second kappa shape index (κ2) is 9.28. The number of carbonyl (C=O) groups is 2. The van der Waals surface area contributed by atoms with Crippen molar-refractivity contribution in [1.82, 2.24) is 9.80 Å². The average Bonchev–Trinajstić information content (AvgIpc) is 2.50. The van der Waals surface area contributed by atoms with Gasteiger partial charge >= 0.3 is 129 Å². The number of ketones is 1. The van der Waals surface area contributed by atoms with E-state index in [0.717, 1.165) is 39.0 Å². The molecule has 0 atom stereocenters. The number of nitrogens with zero attached hydrogens (tertiary/aromatic N) is 2. The number of carbonyl (C=O) groups excluding carboxylic acids is 2. The zero-order valence-corrected chi connectivity index (χ0v) is 19.0. The molecule has 7 heteroatoms. The van der Waals surface area contributed by atoms with Gasteiger partial charge in [0.15, 0.2) is 0 Å². The number of alkyl halides is 2. The van der Waals surface area contributed by atoms with Crippen LogP contribution in [0.2, 0.25) is 0 Å². The van der Waals surface area contributed by atoms with Crippen LogP contribution < -0.4 is 25.4 Å². The summed E-state index contributed by atoms with van der Waals surface area (Å²) in [6.07, 6.45) is 2.74. The van der Waals surface area contributed by atoms with Crippen LogP contribution in [0.25, 0.3) is 0 Å². The third kappa shape index (κ3) is 7.11. The Morgan fingerprint density at radius 1 is 1.04 bits per heavy atom. The van der Waals surface area contributed by atoms with Gasteiger partial charge in [0, 0.05) is 0 Å². The first kappa shape index (κ1) is 21.6. The van der Waals surface area contributed by atoms with Crippen molar-refractivity contribution in [2.45, 2.75) is 60.3 Å². The molecule has 0 unspecified atom stereocenters. The van der Waals surface area contributed by atoms with Gasteiger partial charge in [0.1, 0.15) is 0 Å². The second-order valence-electron chi connectivity index (χ2n) is 6.99. The summed E-state index contributed by atoms with van der Waals surface area (Å²) in [7, 11) is 0. The van der Waals surface area contributed by atoms with E-state index >= 15 is 0 Å². The zero-order valence-electron chi connectivity index (χ0n) is 14.7. The van der Waals surface area contributed by atoms with Gasteiger partial charge in [-0.05, 0) is 13.8 Å². The maximum atomic E-state index is 12.3. The molecule has 1 aliphatic rings. The molecule has 0 aromatic rings. The summed E-state index contributed by atoms with van der Waals surface area (Å²) in [6, 6.07) is 0. The molecular formula is C16H30I2N3O2-. The number of hydrogen-bond acceptors (Lipinski definition) is 4. The van der Waals surface area contributed by atoms with Gasteiger partial charge in [0.05, 0.1) is 0 Å². The van der Waals surface area contributed by atoms with Crippen molar-refractivity contribution in [2.75, 3.05) is 26.2 Å². The van der Waals surface area contributed by atoms with Crippen molar-refractivity contribution in [2.24, 2.45) is 3.95 Å². The molecule has 0 radical (unpaired) electrons. The molecule has 1 saturated heterocycles. The van der Waals surface area contributed by atoms with E-state index in [1.54, 1.807) is 0 Å². The van der Waals surface area contributed by atoms with Gasteiger partial charge in [0.25, 0.3) is 0 Å². The van der Waals surface area contributed by atoms with Gasteiger partial charge in [-0.15, -0.1) is 0 Å². The summed E-state index contributed by atoms with van der Waals surface area (Å²) in [5.41, 5.74) is 0. The molecule has 23 heavy (non-hydrogen) atoms. The number of unbranched alkanes of at least 4 members (excludes halogenated alkanes) is 1. The van der Waals surface area contributed by atoms with Crippen molar-refractivity contribution in [3.8, 4) is 0 Å². The number of nitrogens with two attached hydrogens (primary N) is 1. The SMILES string of the molecule is CC(C)(I)C(=O)CCCCC(=O)N1CCN(C(C)(C)[I-]N)CC1. The van der Waals surface area contributed by atoms with Crippen LogP contribution in [0, 0.1) is 0 Å². The first-order valence-electron chi connectivity index (χ1n) is 8.17. The van der Waals surface area contributed by atoms with E-state index in [-0.39, 0.29) is 40.1 Å². The molecule has 0 spiro atoms. The third-order valence-electron chi connectivity index (χ3n) is 4.36. The number of amides is 1. The number of Topliss-reactive ketones (excluding diaryl/α,β-unsaturated/α-hetero) is 1. The minimum atomic E-state index is -0.333. The molecule has 0 aromatic heterocycles. The van der Waals surface area contributed by atoms with E-state index in [2.05, 4.69) is 41.3 Å². The third-order valence-corrected chi connectivity index (χ3v) is 7.17. The molecule has 136 valence electrons. The molecule has 5 nitrogen and oxygen atoms in total. The predicted molar refractivity (Wildman–Crippen MR) is 98.0 cm³/mol. The van der Waals surface area contributed by atoms with Gasteiger partial charge in [-0.1, -0.05) is 22.6 Å². The fraction of sp³-hybridized carbons (Fsp3) is 0.875. The van der Waals surface area contributed by atoms with Crippen molar-refractivity contribution in [3.63, 3.8) is 0 Å². The van der Waals surface area contributed by atoms with Gasteiger partial charge in [0.2, 0.25) is 0 Å². The summed E-state index contributed by atoms with van der Waals surface area (Å²) in [4.78, 5) is 28.5. The van der Waals surface area contributed by atoms with E-state index < -0.39 is 0 Å². The van der Waals surface area contributed by atoms with Crippen LogP contribution in [0.3, 0.4) is 0 Å². The van der Waals surface area contributed by atoms with Crippen LogP contribution in [0.4, 0.5) is 0 Å². The van der Waals surface area contributed by atoms with Gasteiger partial charge in [-0.2, -0.15) is 0 Å². The van der Waals surface area contributed by atoms with E-state index in [1.165, 1.54) is 0 Å². The van der Waals surface area contributed by atoms with Crippen LogP contribution >= 0.6 is 22.6 Å². The molecule has 1 amide bonds. The topological polar surface area (TPSA) is 66.6 Å². The fourth-order valence-electron chi connectivity index (χ4n) is 2.57.